The number of rotatable bonds is 7. The maximum absolute atomic E-state index is 12.7. The summed E-state index contributed by atoms with van der Waals surface area (Å²) in [6.45, 7) is 2.87. The molecule has 1 aliphatic heterocycles. The van der Waals surface area contributed by atoms with E-state index in [1.807, 2.05) is 31.2 Å². The molecule has 0 N–H and O–H groups in total. The Morgan fingerprint density at radius 3 is 2.44 bits per heavy atom. The first-order chi connectivity index (χ1) is 12.0. The Morgan fingerprint density at radius 2 is 1.92 bits per heavy atom. The number of urea groups is 1. The molecule has 0 aromatic heterocycles. The number of likely N-dealkylation sites (N-methyl/N-ethyl adjacent to an activating group) is 1. The number of carbonyl (C=O) groups is 3. The van der Waals surface area contributed by atoms with Gasteiger partial charge in [0.15, 0.2) is 0 Å². The lowest BCUT2D eigenvalue weighted by Crippen LogP contribution is -2.43. The van der Waals surface area contributed by atoms with E-state index in [1.165, 1.54) is 4.90 Å². The minimum Gasteiger partial charge on any atom is -0.494 e. The second-order valence-corrected chi connectivity index (χ2v) is 6.45. The van der Waals surface area contributed by atoms with E-state index < -0.39 is 6.03 Å². The lowest BCUT2D eigenvalue weighted by atomic mass is 10.2. The van der Waals surface area contributed by atoms with Crippen LogP contribution in [0.4, 0.5) is 4.79 Å². The van der Waals surface area contributed by atoms with E-state index in [0.717, 1.165) is 29.1 Å². The molecular formula is C18H23N3O4. The minimum atomic E-state index is -0.407. The van der Waals surface area contributed by atoms with Crippen molar-refractivity contribution >= 4 is 17.8 Å². The van der Waals surface area contributed by atoms with Crippen LogP contribution in [0.2, 0.25) is 0 Å². The van der Waals surface area contributed by atoms with Crippen molar-refractivity contribution in [1.82, 2.24) is 14.7 Å². The first-order valence-electron chi connectivity index (χ1n) is 8.56. The summed E-state index contributed by atoms with van der Waals surface area (Å²) in [4.78, 5) is 40.7. The molecule has 25 heavy (non-hydrogen) atoms. The molecule has 1 aromatic carbocycles. The van der Waals surface area contributed by atoms with Crippen molar-refractivity contribution < 1.29 is 19.1 Å². The summed E-state index contributed by atoms with van der Waals surface area (Å²) in [7, 11) is 1.56. The van der Waals surface area contributed by atoms with Crippen LogP contribution in [0.5, 0.6) is 5.75 Å². The van der Waals surface area contributed by atoms with Crippen molar-refractivity contribution in [2.75, 3.05) is 26.7 Å². The molecule has 1 heterocycles. The number of benzene rings is 1. The van der Waals surface area contributed by atoms with E-state index in [1.54, 1.807) is 11.9 Å². The van der Waals surface area contributed by atoms with Crippen LogP contribution < -0.4 is 4.74 Å². The molecule has 0 radical (unpaired) electrons. The number of carbonyl (C=O) groups excluding carboxylic acids is 3. The SMILES string of the molecule is CCOc1ccc(CN(C(=O)CN2C(=O)CN(C)C2=O)C2CC2)cc1. The Bertz CT molecular complexity index is 669. The van der Waals surface area contributed by atoms with Crippen LogP contribution in [0.1, 0.15) is 25.3 Å². The maximum Gasteiger partial charge on any atom is 0.327 e. The number of hydrogen-bond donors (Lipinski definition) is 0. The third-order valence-electron chi connectivity index (χ3n) is 4.42. The van der Waals surface area contributed by atoms with Gasteiger partial charge in [-0.05, 0) is 37.5 Å². The van der Waals surface area contributed by atoms with Crippen LogP contribution in [0.3, 0.4) is 0 Å². The third-order valence-corrected chi connectivity index (χ3v) is 4.42. The van der Waals surface area contributed by atoms with Crippen LogP contribution in [0, 0.1) is 0 Å². The van der Waals surface area contributed by atoms with Crippen LogP contribution in [0.25, 0.3) is 0 Å². The molecule has 1 aromatic rings. The molecule has 0 spiro atoms. The van der Waals surface area contributed by atoms with Gasteiger partial charge < -0.3 is 14.5 Å². The Balaban J connectivity index is 1.65. The molecule has 1 aliphatic carbocycles. The Labute approximate surface area is 147 Å². The highest BCUT2D eigenvalue weighted by Crippen LogP contribution is 2.29. The fourth-order valence-corrected chi connectivity index (χ4v) is 2.91. The van der Waals surface area contributed by atoms with Gasteiger partial charge in [-0.1, -0.05) is 12.1 Å². The molecule has 0 unspecified atom stereocenters. The number of amides is 4. The van der Waals surface area contributed by atoms with Gasteiger partial charge in [0.1, 0.15) is 18.8 Å². The quantitative estimate of drug-likeness (QED) is 0.702. The standard InChI is InChI=1S/C18H23N3O4/c1-3-25-15-8-4-13(5-9-15)10-20(14-6-7-14)17(23)12-21-16(22)11-19(2)18(21)24/h4-5,8-9,14H,3,6-7,10-12H2,1-2H3. The molecule has 7 nitrogen and oxygen atoms in total. The van der Waals surface area contributed by atoms with E-state index in [9.17, 15) is 14.4 Å². The van der Waals surface area contributed by atoms with Gasteiger partial charge in [0.2, 0.25) is 5.91 Å². The highest BCUT2D eigenvalue weighted by molar-refractivity contribution is 6.04. The average molecular weight is 345 g/mol. The largest absolute Gasteiger partial charge is 0.494 e. The molecular weight excluding hydrogens is 322 g/mol. The van der Waals surface area contributed by atoms with E-state index in [0.29, 0.717) is 13.2 Å². The zero-order valence-corrected chi connectivity index (χ0v) is 14.6. The summed E-state index contributed by atoms with van der Waals surface area (Å²) in [5, 5.41) is 0. The fourth-order valence-electron chi connectivity index (χ4n) is 2.91. The molecule has 1 saturated heterocycles. The van der Waals surface area contributed by atoms with Crippen molar-refractivity contribution in [3.05, 3.63) is 29.8 Å². The van der Waals surface area contributed by atoms with E-state index in [4.69, 9.17) is 4.74 Å². The van der Waals surface area contributed by atoms with Crippen LogP contribution in [-0.4, -0.2) is 65.3 Å². The van der Waals surface area contributed by atoms with E-state index >= 15 is 0 Å². The van der Waals surface area contributed by atoms with Gasteiger partial charge in [-0.15, -0.1) is 0 Å². The van der Waals surface area contributed by atoms with Crippen LogP contribution >= 0.6 is 0 Å². The first kappa shape index (κ1) is 17.3. The van der Waals surface area contributed by atoms with E-state index in [2.05, 4.69) is 0 Å². The molecule has 2 fully saturated rings. The second kappa shape index (κ2) is 7.13. The monoisotopic (exact) mass is 345 g/mol. The molecule has 3 rings (SSSR count). The summed E-state index contributed by atoms with van der Waals surface area (Å²) in [6, 6.07) is 7.44. The molecule has 1 saturated carbocycles. The van der Waals surface area contributed by atoms with Gasteiger partial charge in [0, 0.05) is 19.6 Å². The molecule has 134 valence electrons. The van der Waals surface area contributed by atoms with Gasteiger partial charge in [0.25, 0.3) is 5.91 Å². The Morgan fingerprint density at radius 1 is 1.24 bits per heavy atom. The smallest absolute Gasteiger partial charge is 0.327 e. The molecule has 2 aliphatic rings. The van der Waals surface area contributed by atoms with Crippen molar-refractivity contribution in [1.29, 1.82) is 0 Å². The first-order valence-corrected chi connectivity index (χ1v) is 8.56. The molecule has 4 amide bonds. The number of nitrogens with zero attached hydrogens (tertiary/aromatic N) is 3. The van der Waals surface area contributed by atoms with Gasteiger partial charge in [-0.2, -0.15) is 0 Å². The van der Waals surface area contributed by atoms with Gasteiger partial charge in [0.05, 0.1) is 6.61 Å². The second-order valence-electron chi connectivity index (χ2n) is 6.45. The Kier molecular flexibility index (Phi) is 4.92. The van der Waals surface area contributed by atoms with Crippen molar-refractivity contribution in [3.8, 4) is 5.75 Å². The molecule has 7 heteroatoms. The molecule has 0 bridgehead atoms. The summed E-state index contributed by atoms with van der Waals surface area (Å²) in [5.41, 5.74) is 1.000. The molecule has 0 atom stereocenters. The van der Waals surface area contributed by atoms with Crippen molar-refractivity contribution in [3.63, 3.8) is 0 Å². The topological polar surface area (TPSA) is 70.2 Å². The Hall–Kier alpha value is -2.57. The lowest BCUT2D eigenvalue weighted by Gasteiger charge is -2.25. The van der Waals surface area contributed by atoms with Crippen molar-refractivity contribution in [2.24, 2.45) is 0 Å². The van der Waals surface area contributed by atoms with Crippen molar-refractivity contribution in [2.45, 2.75) is 32.4 Å². The van der Waals surface area contributed by atoms with Gasteiger partial charge >= 0.3 is 6.03 Å². The van der Waals surface area contributed by atoms with Gasteiger partial charge in [-0.3, -0.25) is 14.5 Å². The third kappa shape index (κ3) is 3.92. The highest BCUT2D eigenvalue weighted by atomic mass is 16.5. The highest BCUT2D eigenvalue weighted by Gasteiger charge is 2.38. The average Bonchev–Trinajstić information content (AvgIpc) is 3.39. The van der Waals surface area contributed by atoms with Crippen LogP contribution in [-0.2, 0) is 16.1 Å². The predicted molar refractivity (Wildman–Crippen MR) is 90.9 cm³/mol. The fraction of sp³-hybridized carbons (Fsp3) is 0.500. The minimum absolute atomic E-state index is 0.0361. The summed E-state index contributed by atoms with van der Waals surface area (Å²) < 4.78 is 5.43. The number of hydrogen-bond acceptors (Lipinski definition) is 4. The maximum atomic E-state index is 12.7. The number of ether oxygens (including phenoxy) is 1. The zero-order chi connectivity index (χ0) is 18.0. The van der Waals surface area contributed by atoms with Gasteiger partial charge in [-0.25, -0.2) is 4.79 Å². The number of imide groups is 1. The van der Waals surface area contributed by atoms with E-state index in [-0.39, 0.29) is 30.9 Å². The lowest BCUT2D eigenvalue weighted by molar-refractivity contribution is -0.137. The zero-order valence-electron chi connectivity index (χ0n) is 14.6. The predicted octanol–water partition coefficient (Wildman–Crippen LogP) is 1.47. The summed E-state index contributed by atoms with van der Waals surface area (Å²) in [6.07, 6.45) is 1.93. The summed E-state index contributed by atoms with van der Waals surface area (Å²) >= 11 is 0. The summed E-state index contributed by atoms with van der Waals surface area (Å²) in [5.74, 6) is 0.290. The van der Waals surface area contributed by atoms with Crippen LogP contribution in [0.15, 0.2) is 24.3 Å². The normalized spacial score (nSPS) is 17.2.